The van der Waals surface area contributed by atoms with E-state index in [1.54, 1.807) is 0 Å². The Labute approximate surface area is 135 Å². The van der Waals surface area contributed by atoms with Gasteiger partial charge in [0.1, 0.15) is 18.4 Å². The molecule has 0 heterocycles. The Balaban J connectivity index is 0.00000441. The van der Waals surface area contributed by atoms with Crippen LogP contribution in [0.3, 0.4) is 0 Å². The molecule has 22 heavy (non-hydrogen) atoms. The number of urea groups is 1. The summed E-state index contributed by atoms with van der Waals surface area (Å²) in [5.41, 5.74) is 9.96. The molecule has 0 aromatic heterocycles. The number of imide groups is 1. The molecule has 0 saturated carbocycles. The van der Waals surface area contributed by atoms with Gasteiger partial charge in [0.15, 0.2) is 0 Å². The molecule has 8 heteroatoms. The second kappa shape index (κ2) is 9.86. The number of halogens is 1. The third-order valence-electron chi connectivity index (χ3n) is 2.81. The van der Waals surface area contributed by atoms with Gasteiger partial charge >= 0.3 is 12.1 Å². The van der Waals surface area contributed by atoms with Crippen LogP contribution in [0.4, 0.5) is 9.59 Å². The summed E-state index contributed by atoms with van der Waals surface area (Å²) in [6.07, 6.45) is -0.122. The molecule has 124 valence electrons. The lowest BCUT2D eigenvalue weighted by Crippen LogP contribution is -3.00. The van der Waals surface area contributed by atoms with E-state index in [4.69, 9.17) is 15.2 Å². The Morgan fingerprint density at radius 2 is 1.91 bits per heavy atom. The minimum absolute atomic E-state index is 0. The molecule has 0 aliphatic carbocycles. The molecule has 0 unspecified atom stereocenters. The van der Waals surface area contributed by atoms with Gasteiger partial charge in [0.05, 0.1) is 6.61 Å². The summed E-state index contributed by atoms with van der Waals surface area (Å²) in [5.74, 6) is 0.816. The van der Waals surface area contributed by atoms with Crippen molar-refractivity contribution in [1.82, 2.24) is 4.90 Å². The highest BCUT2D eigenvalue weighted by Gasteiger charge is 2.17. The summed E-state index contributed by atoms with van der Waals surface area (Å²) >= 11 is 0. The molecule has 0 bridgehead atoms. The van der Waals surface area contributed by atoms with Gasteiger partial charge in [-0.3, -0.25) is 0 Å². The maximum absolute atomic E-state index is 11.4. The SMILES string of the molecule is CCOc1ccc(C[C@@H]([NH3+])COC(=O)N(C)C(N)=O)cc1.[Cl-]. The maximum Gasteiger partial charge on any atom is 0.417 e. The lowest BCUT2D eigenvalue weighted by molar-refractivity contribution is -0.424. The first-order valence-electron chi connectivity index (χ1n) is 6.68. The zero-order valence-electron chi connectivity index (χ0n) is 12.8. The van der Waals surface area contributed by atoms with E-state index in [-0.39, 0.29) is 25.1 Å². The van der Waals surface area contributed by atoms with Gasteiger partial charge in [-0.25, -0.2) is 14.5 Å². The van der Waals surface area contributed by atoms with Crippen molar-refractivity contribution in [3.8, 4) is 5.75 Å². The first-order valence-corrected chi connectivity index (χ1v) is 6.68. The topological polar surface area (TPSA) is 110 Å². The van der Waals surface area contributed by atoms with E-state index < -0.39 is 12.1 Å². The number of amides is 3. The van der Waals surface area contributed by atoms with Crippen LogP contribution in [-0.2, 0) is 11.2 Å². The zero-order valence-corrected chi connectivity index (χ0v) is 13.5. The molecule has 1 aromatic rings. The van der Waals surface area contributed by atoms with Crippen LogP contribution >= 0.6 is 0 Å². The molecule has 0 fully saturated rings. The molecule has 0 spiro atoms. The van der Waals surface area contributed by atoms with Crippen LogP contribution in [-0.4, -0.2) is 43.3 Å². The second-order valence-electron chi connectivity index (χ2n) is 4.62. The zero-order chi connectivity index (χ0) is 15.8. The van der Waals surface area contributed by atoms with Gasteiger partial charge in [0.2, 0.25) is 0 Å². The number of carbonyl (C=O) groups is 2. The molecular formula is C14H22ClN3O4. The van der Waals surface area contributed by atoms with E-state index in [1.807, 2.05) is 31.2 Å². The largest absolute Gasteiger partial charge is 1.00 e. The van der Waals surface area contributed by atoms with Crippen molar-refractivity contribution in [2.75, 3.05) is 20.3 Å². The average Bonchev–Trinajstić information content (AvgIpc) is 2.46. The number of hydrogen-bond acceptors (Lipinski definition) is 4. The highest BCUT2D eigenvalue weighted by atomic mass is 35.5. The smallest absolute Gasteiger partial charge is 0.417 e. The normalized spacial score (nSPS) is 11.0. The van der Waals surface area contributed by atoms with Gasteiger partial charge < -0.3 is 33.3 Å². The number of ether oxygens (including phenoxy) is 2. The van der Waals surface area contributed by atoms with Crippen LogP contribution in [0.5, 0.6) is 5.75 Å². The lowest BCUT2D eigenvalue weighted by atomic mass is 10.1. The van der Waals surface area contributed by atoms with Crippen molar-refractivity contribution < 1.29 is 37.2 Å². The first-order chi connectivity index (χ1) is 9.93. The third kappa shape index (κ3) is 6.64. The first kappa shape index (κ1) is 20.0. The second-order valence-corrected chi connectivity index (χ2v) is 4.62. The Kier molecular flexibility index (Phi) is 8.97. The van der Waals surface area contributed by atoms with Gasteiger partial charge in [0, 0.05) is 13.5 Å². The Hall–Kier alpha value is -1.99. The van der Waals surface area contributed by atoms with E-state index in [9.17, 15) is 9.59 Å². The molecule has 0 saturated heterocycles. The Morgan fingerprint density at radius 1 is 1.32 bits per heavy atom. The van der Waals surface area contributed by atoms with Gasteiger partial charge in [0.25, 0.3) is 0 Å². The van der Waals surface area contributed by atoms with E-state index in [2.05, 4.69) is 5.73 Å². The number of nitrogens with zero attached hydrogens (tertiary/aromatic N) is 1. The lowest BCUT2D eigenvalue weighted by Gasteiger charge is -2.14. The summed E-state index contributed by atoms with van der Waals surface area (Å²) in [7, 11) is 1.26. The molecule has 0 aliphatic heterocycles. The Morgan fingerprint density at radius 3 is 2.41 bits per heavy atom. The highest BCUT2D eigenvalue weighted by Crippen LogP contribution is 2.13. The molecule has 0 aliphatic rings. The van der Waals surface area contributed by atoms with Gasteiger partial charge in [-0.1, -0.05) is 12.1 Å². The molecule has 0 radical (unpaired) electrons. The van der Waals surface area contributed by atoms with E-state index in [0.717, 1.165) is 11.3 Å². The molecule has 1 rings (SSSR count). The molecule has 7 nitrogen and oxygen atoms in total. The van der Waals surface area contributed by atoms with Crippen molar-refractivity contribution in [3.05, 3.63) is 29.8 Å². The Bertz CT molecular complexity index is 481. The van der Waals surface area contributed by atoms with Gasteiger partial charge in [-0.05, 0) is 24.6 Å². The van der Waals surface area contributed by atoms with Crippen molar-refractivity contribution >= 4 is 12.1 Å². The predicted octanol–water partition coefficient (Wildman–Crippen LogP) is -2.61. The molecule has 1 atom stereocenters. The van der Waals surface area contributed by atoms with Crippen LogP contribution in [0.2, 0.25) is 0 Å². The number of benzene rings is 1. The van der Waals surface area contributed by atoms with E-state index in [1.165, 1.54) is 7.05 Å². The predicted molar refractivity (Wildman–Crippen MR) is 76.7 cm³/mol. The minimum Gasteiger partial charge on any atom is -1.00 e. The third-order valence-corrected chi connectivity index (χ3v) is 2.81. The quantitative estimate of drug-likeness (QED) is 0.595. The summed E-state index contributed by atoms with van der Waals surface area (Å²) in [5, 5.41) is 0. The summed E-state index contributed by atoms with van der Waals surface area (Å²) in [6, 6.07) is 6.69. The number of primary amides is 1. The number of hydrogen-bond donors (Lipinski definition) is 2. The van der Waals surface area contributed by atoms with E-state index in [0.29, 0.717) is 17.9 Å². The van der Waals surface area contributed by atoms with Crippen molar-refractivity contribution in [2.24, 2.45) is 5.73 Å². The van der Waals surface area contributed by atoms with E-state index >= 15 is 0 Å². The van der Waals surface area contributed by atoms with Crippen LogP contribution in [0, 0.1) is 0 Å². The summed E-state index contributed by atoms with van der Waals surface area (Å²) in [6.45, 7) is 2.67. The highest BCUT2D eigenvalue weighted by molar-refractivity contribution is 5.89. The maximum atomic E-state index is 11.4. The number of rotatable bonds is 6. The fourth-order valence-corrected chi connectivity index (χ4v) is 1.66. The number of carbonyl (C=O) groups excluding carboxylic acids is 2. The standard InChI is InChI=1S/C14H21N3O4.ClH/c1-3-20-12-6-4-10(5-7-12)8-11(15)9-21-14(19)17(2)13(16)18;/h4-7,11H,3,8-9,15H2,1-2H3,(H2,16,18);1H/t11-;/m1./s1. The summed E-state index contributed by atoms with van der Waals surface area (Å²) in [4.78, 5) is 22.9. The van der Waals surface area contributed by atoms with Crippen LogP contribution < -0.4 is 28.6 Å². The van der Waals surface area contributed by atoms with Gasteiger partial charge in [-0.2, -0.15) is 0 Å². The van der Waals surface area contributed by atoms with Crippen molar-refractivity contribution in [2.45, 2.75) is 19.4 Å². The fraction of sp³-hybridized carbons (Fsp3) is 0.429. The van der Waals surface area contributed by atoms with Crippen molar-refractivity contribution in [1.29, 1.82) is 0 Å². The van der Waals surface area contributed by atoms with Crippen LogP contribution in [0.25, 0.3) is 0 Å². The van der Waals surface area contributed by atoms with Crippen molar-refractivity contribution in [3.63, 3.8) is 0 Å². The molecule has 5 N–H and O–H groups in total. The fourth-order valence-electron chi connectivity index (χ4n) is 1.66. The number of quaternary nitrogens is 1. The summed E-state index contributed by atoms with van der Waals surface area (Å²) < 4.78 is 10.3. The number of nitrogens with two attached hydrogens (primary N) is 1. The molecular weight excluding hydrogens is 310 g/mol. The molecule has 3 amide bonds. The monoisotopic (exact) mass is 331 g/mol. The van der Waals surface area contributed by atoms with Gasteiger partial charge in [-0.15, -0.1) is 0 Å². The minimum atomic E-state index is -0.855. The van der Waals surface area contributed by atoms with Crippen LogP contribution in [0.15, 0.2) is 24.3 Å². The van der Waals surface area contributed by atoms with Crippen LogP contribution in [0.1, 0.15) is 12.5 Å². The average molecular weight is 332 g/mol. The molecule has 1 aromatic carbocycles.